The lowest BCUT2D eigenvalue weighted by molar-refractivity contribution is 0.0708. The van der Waals surface area contributed by atoms with E-state index in [1.807, 2.05) is 16.8 Å². The number of piperidine rings is 1. The van der Waals surface area contributed by atoms with Gasteiger partial charge in [-0.1, -0.05) is 0 Å². The Morgan fingerprint density at radius 2 is 2.37 bits per heavy atom. The van der Waals surface area contributed by atoms with Crippen LogP contribution in [0.1, 0.15) is 12.8 Å². The summed E-state index contributed by atoms with van der Waals surface area (Å²) >= 11 is 0. The van der Waals surface area contributed by atoms with Gasteiger partial charge in [0.1, 0.15) is 5.52 Å². The van der Waals surface area contributed by atoms with Crippen molar-refractivity contribution in [1.82, 2.24) is 14.6 Å². The van der Waals surface area contributed by atoms with Crippen molar-refractivity contribution in [3.05, 3.63) is 24.7 Å². The van der Waals surface area contributed by atoms with E-state index in [1.165, 1.54) is 0 Å². The summed E-state index contributed by atoms with van der Waals surface area (Å²) in [4.78, 5) is 6.80. The molecule has 1 saturated heterocycles. The molecule has 0 radical (unpaired) electrons. The molecule has 0 bridgehead atoms. The maximum atomic E-state index is 5.92. The van der Waals surface area contributed by atoms with Crippen LogP contribution in [0.25, 0.3) is 5.52 Å². The SMILES string of the molecule is COC1CCN(c2nccn3nccc23)C(CN)C1. The third-order valence-corrected chi connectivity index (χ3v) is 3.85. The van der Waals surface area contributed by atoms with E-state index in [9.17, 15) is 0 Å². The van der Waals surface area contributed by atoms with Gasteiger partial charge < -0.3 is 15.4 Å². The number of nitrogens with zero attached hydrogens (tertiary/aromatic N) is 4. The normalized spacial score (nSPS) is 24.0. The van der Waals surface area contributed by atoms with E-state index in [2.05, 4.69) is 15.0 Å². The van der Waals surface area contributed by atoms with Crippen molar-refractivity contribution >= 4 is 11.3 Å². The fraction of sp³-hybridized carbons (Fsp3) is 0.538. The summed E-state index contributed by atoms with van der Waals surface area (Å²) in [5.74, 6) is 0.963. The molecule has 0 aromatic carbocycles. The summed E-state index contributed by atoms with van der Waals surface area (Å²) in [6.45, 7) is 1.52. The molecule has 2 aromatic heterocycles. The number of methoxy groups -OCH3 is 1. The van der Waals surface area contributed by atoms with Crippen molar-refractivity contribution in [3.8, 4) is 0 Å². The van der Waals surface area contributed by atoms with Crippen LogP contribution in [-0.2, 0) is 4.74 Å². The molecule has 0 aliphatic carbocycles. The zero-order valence-corrected chi connectivity index (χ0v) is 11.1. The number of nitrogens with two attached hydrogens (primary N) is 1. The standard InChI is InChI=1S/C13H19N5O/c1-19-11-3-6-17(10(8-11)9-14)13-12-2-4-16-18(12)7-5-15-13/h2,4-5,7,10-11H,3,6,8-9,14H2,1H3. The van der Waals surface area contributed by atoms with Gasteiger partial charge in [-0.3, -0.25) is 0 Å². The van der Waals surface area contributed by atoms with Crippen molar-refractivity contribution in [3.63, 3.8) is 0 Å². The molecule has 0 saturated carbocycles. The van der Waals surface area contributed by atoms with Crippen LogP contribution in [0.15, 0.2) is 24.7 Å². The smallest absolute Gasteiger partial charge is 0.154 e. The highest BCUT2D eigenvalue weighted by Crippen LogP contribution is 2.27. The Balaban J connectivity index is 1.94. The molecule has 1 fully saturated rings. The zero-order valence-electron chi connectivity index (χ0n) is 11.1. The van der Waals surface area contributed by atoms with E-state index < -0.39 is 0 Å². The number of anilines is 1. The van der Waals surface area contributed by atoms with Gasteiger partial charge in [-0.2, -0.15) is 5.10 Å². The average Bonchev–Trinajstić information content (AvgIpc) is 2.95. The molecule has 2 aromatic rings. The van der Waals surface area contributed by atoms with E-state index in [0.29, 0.717) is 12.6 Å². The van der Waals surface area contributed by atoms with Crippen molar-refractivity contribution in [1.29, 1.82) is 0 Å². The largest absolute Gasteiger partial charge is 0.381 e. The topological polar surface area (TPSA) is 68.7 Å². The van der Waals surface area contributed by atoms with Crippen LogP contribution in [0, 0.1) is 0 Å². The highest BCUT2D eigenvalue weighted by molar-refractivity contribution is 5.68. The first-order valence-corrected chi connectivity index (χ1v) is 6.61. The Kier molecular flexibility index (Phi) is 3.35. The van der Waals surface area contributed by atoms with Crippen molar-refractivity contribution in [2.75, 3.05) is 25.1 Å². The van der Waals surface area contributed by atoms with Crippen molar-refractivity contribution < 1.29 is 4.74 Å². The summed E-state index contributed by atoms with van der Waals surface area (Å²) in [5.41, 5.74) is 6.94. The second-order valence-electron chi connectivity index (χ2n) is 4.88. The van der Waals surface area contributed by atoms with E-state index in [4.69, 9.17) is 10.5 Å². The van der Waals surface area contributed by atoms with Gasteiger partial charge >= 0.3 is 0 Å². The van der Waals surface area contributed by atoms with Gasteiger partial charge in [0.05, 0.1) is 12.3 Å². The number of ether oxygens (including phenoxy) is 1. The summed E-state index contributed by atoms with van der Waals surface area (Å²) < 4.78 is 7.31. The summed E-state index contributed by atoms with van der Waals surface area (Å²) in [6.07, 6.45) is 7.69. The van der Waals surface area contributed by atoms with Gasteiger partial charge in [0.15, 0.2) is 5.82 Å². The van der Waals surface area contributed by atoms with Crippen LogP contribution >= 0.6 is 0 Å². The van der Waals surface area contributed by atoms with E-state index >= 15 is 0 Å². The molecule has 6 nitrogen and oxygen atoms in total. The first kappa shape index (κ1) is 12.4. The quantitative estimate of drug-likeness (QED) is 0.879. The van der Waals surface area contributed by atoms with Gasteiger partial charge in [0, 0.05) is 38.6 Å². The molecular weight excluding hydrogens is 242 g/mol. The van der Waals surface area contributed by atoms with Gasteiger partial charge in [0.2, 0.25) is 0 Å². The van der Waals surface area contributed by atoms with E-state index in [-0.39, 0.29) is 6.04 Å². The molecule has 102 valence electrons. The third kappa shape index (κ3) is 2.17. The summed E-state index contributed by atoms with van der Waals surface area (Å²) in [7, 11) is 1.77. The number of hydrogen-bond acceptors (Lipinski definition) is 5. The Hall–Kier alpha value is -1.66. The fourth-order valence-electron chi connectivity index (χ4n) is 2.80. The number of rotatable bonds is 3. The molecule has 3 rings (SSSR count). The number of hydrogen-bond donors (Lipinski definition) is 1. The molecule has 1 aliphatic rings. The average molecular weight is 261 g/mol. The van der Waals surface area contributed by atoms with E-state index in [1.54, 1.807) is 19.5 Å². The van der Waals surface area contributed by atoms with Gasteiger partial charge in [-0.25, -0.2) is 9.50 Å². The predicted octanol–water partition coefficient (Wildman–Crippen LogP) is 0.672. The first-order chi connectivity index (χ1) is 9.33. The van der Waals surface area contributed by atoms with Crippen molar-refractivity contribution in [2.24, 2.45) is 5.73 Å². The lowest BCUT2D eigenvalue weighted by Gasteiger charge is -2.39. The number of aromatic nitrogens is 3. The Labute approximate surface area is 112 Å². The van der Waals surface area contributed by atoms with Crippen LogP contribution in [0.4, 0.5) is 5.82 Å². The maximum absolute atomic E-state index is 5.92. The Bertz CT molecular complexity index is 555. The summed E-state index contributed by atoms with van der Waals surface area (Å²) in [6, 6.07) is 2.26. The van der Waals surface area contributed by atoms with Crippen LogP contribution in [0.2, 0.25) is 0 Å². The lowest BCUT2D eigenvalue weighted by Crippen LogP contribution is -2.49. The highest BCUT2D eigenvalue weighted by Gasteiger charge is 2.29. The Morgan fingerprint density at radius 1 is 1.47 bits per heavy atom. The molecule has 2 atom stereocenters. The highest BCUT2D eigenvalue weighted by atomic mass is 16.5. The second kappa shape index (κ2) is 5.14. The van der Waals surface area contributed by atoms with Crippen LogP contribution in [-0.4, -0.2) is 46.9 Å². The third-order valence-electron chi connectivity index (χ3n) is 3.85. The zero-order chi connectivity index (χ0) is 13.2. The van der Waals surface area contributed by atoms with Crippen LogP contribution in [0.5, 0.6) is 0 Å². The lowest BCUT2D eigenvalue weighted by atomic mass is 9.99. The first-order valence-electron chi connectivity index (χ1n) is 6.61. The molecule has 3 heterocycles. The van der Waals surface area contributed by atoms with E-state index in [0.717, 1.165) is 30.7 Å². The van der Waals surface area contributed by atoms with Crippen LogP contribution in [0.3, 0.4) is 0 Å². The molecule has 1 aliphatic heterocycles. The minimum atomic E-state index is 0.271. The minimum absolute atomic E-state index is 0.271. The van der Waals surface area contributed by atoms with Gasteiger partial charge in [-0.05, 0) is 18.9 Å². The Morgan fingerprint density at radius 3 is 3.16 bits per heavy atom. The molecule has 2 N–H and O–H groups in total. The minimum Gasteiger partial charge on any atom is -0.381 e. The summed E-state index contributed by atoms with van der Waals surface area (Å²) in [5, 5.41) is 4.25. The number of fused-ring (bicyclic) bond motifs is 1. The molecular formula is C13H19N5O. The fourth-order valence-corrected chi connectivity index (χ4v) is 2.80. The molecule has 0 spiro atoms. The predicted molar refractivity (Wildman–Crippen MR) is 73.2 cm³/mol. The van der Waals surface area contributed by atoms with Gasteiger partial charge in [0.25, 0.3) is 0 Å². The molecule has 19 heavy (non-hydrogen) atoms. The molecule has 0 amide bonds. The van der Waals surface area contributed by atoms with Gasteiger partial charge in [-0.15, -0.1) is 0 Å². The maximum Gasteiger partial charge on any atom is 0.154 e. The molecule has 6 heteroatoms. The second-order valence-corrected chi connectivity index (χ2v) is 4.88. The monoisotopic (exact) mass is 261 g/mol. The van der Waals surface area contributed by atoms with Crippen molar-refractivity contribution in [2.45, 2.75) is 25.0 Å². The van der Waals surface area contributed by atoms with Crippen LogP contribution < -0.4 is 10.6 Å². The molecule has 2 unspecified atom stereocenters.